The highest BCUT2D eigenvalue weighted by atomic mass is 16.1. The Morgan fingerprint density at radius 3 is 2.77 bits per heavy atom. The molecule has 0 aliphatic rings. The average Bonchev–Trinajstić information content (AvgIpc) is 2.58. The monoisotopic (exact) mass is 299 g/mol. The van der Waals surface area contributed by atoms with Crippen LogP contribution in [-0.2, 0) is 6.54 Å². The number of carbonyl (C=O) groups is 1. The van der Waals surface area contributed by atoms with E-state index in [1.807, 2.05) is 24.1 Å². The molecule has 0 radical (unpaired) electrons. The fourth-order valence-corrected chi connectivity index (χ4v) is 1.92. The van der Waals surface area contributed by atoms with Crippen molar-refractivity contribution in [1.29, 1.82) is 0 Å². The van der Waals surface area contributed by atoms with Gasteiger partial charge in [-0.05, 0) is 18.1 Å². The van der Waals surface area contributed by atoms with Crippen LogP contribution in [0.15, 0.2) is 36.9 Å². The molecule has 1 amide bonds. The Hall–Kier alpha value is -2.50. The maximum Gasteiger partial charge on any atom is 0.271 e. The zero-order valence-corrected chi connectivity index (χ0v) is 13.0. The number of carbonyl (C=O) groups excluding carboxylic acids is 1. The van der Waals surface area contributed by atoms with E-state index in [0.717, 1.165) is 30.8 Å². The quantitative estimate of drug-likeness (QED) is 0.847. The number of hydrogen-bond acceptors (Lipinski definition) is 5. The maximum atomic E-state index is 12.0. The van der Waals surface area contributed by atoms with E-state index >= 15 is 0 Å². The second-order valence-corrected chi connectivity index (χ2v) is 5.08. The first kappa shape index (κ1) is 15.9. The molecule has 0 bridgehead atoms. The van der Waals surface area contributed by atoms with Crippen molar-refractivity contribution in [1.82, 2.24) is 20.3 Å². The first-order valence-corrected chi connectivity index (χ1v) is 7.41. The fourth-order valence-electron chi connectivity index (χ4n) is 1.92. The van der Waals surface area contributed by atoms with Crippen LogP contribution in [0.1, 0.15) is 35.8 Å². The Kier molecular flexibility index (Phi) is 5.82. The van der Waals surface area contributed by atoms with Gasteiger partial charge in [0, 0.05) is 32.5 Å². The summed E-state index contributed by atoms with van der Waals surface area (Å²) in [7, 11) is 1.97. The number of hydrogen-bond donors (Lipinski definition) is 1. The van der Waals surface area contributed by atoms with Crippen molar-refractivity contribution < 1.29 is 4.79 Å². The molecule has 1 N–H and O–H groups in total. The molecule has 0 unspecified atom stereocenters. The number of rotatable bonds is 7. The molecule has 2 heterocycles. The number of unbranched alkanes of at least 4 members (excludes halogenated alkanes) is 1. The lowest BCUT2D eigenvalue weighted by Gasteiger charge is -2.17. The van der Waals surface area contributed by atoms with Crippen molar-refractivity contribution in [3.05, 3.63) is 48.2 Å². The van der Waals surface area contributed by atoms with E-state index < -0.39 is 0 Å². The first-order chi connectivity index (χ1) is 10.7. The lowest BCUT2D eigenvalue weighted by molar-refractivity contribution is 0.0945. The predicted octanol–water partition coefficient (Wildman–Crippen LogP) is 2.04. The van der Waals surface area contributed by atoms with Crippen LogP contribution in [0.25, 0.3) is 0 Å². The normalized spacial score (nSPS) is 10.3. The third-order valence-electron chi connectivity index (χ3n) is 3.28. The molecular weight excluding hydrogens is 278 g/mol. The van der Waals surface area contributed by atoms with Gasteiger partial charge in [0.2, 0.25) is 0 Å². The molecule has 0 aromatic carbocycles. The minimum absolute atomic E-state index is 0.237. The molecule has 0 saturated carbocycles. The molecule has 0 atom stereocenters. The van der Waals surface area contributed by atoms with Gasteiger partial charge in [-0.3, -0.25) is 9.78 Å². The molecular formula is C16H21N5O. The van der Waals surface area contributed by atoms with Crippen LogP contribution in [0, 0.1) is 0 Å². The van der Waals surface area contributed by atoms with Crippen LogP contribution in [0.4, 0.5) is 5.82 Å². The van der Waals surface area contributed by atoms with Gasteiger partial charge in [-0.1, -0.05) is 19.4 Å². The predicted molar refractivity (Wildman–Crippen MR) is 85.6 cm³/mol. The van der Waals surface area contributed by atoms with E-state index in [1.54, 1.807) is 18.6 Å². The summed E-state index contributed by atoms with van der Waals surface area (Å²) in [5.74, 6) is 0.538. The van der Waals surface area contributed by atoms with E-state index in [4.69, 9.17) is 0 Å². The van der Waals surface area contributed by atoms with E-state index in [0.29, 0.717) is 12.2 Å². The summed E-state index contributed by atoms with van der Waals surface area (Å²) in [6.45, 7) is 3.50. The van der Waals surface area contributed by atoms with Gasteiger partial charge in [-0.25, -0.2) is 9.97 Å². The minimum Gasteiger partial charge on any atom is -0.358 e. The summed E-state index contributed by atoms with van der Waals surface area (Å²) >= 11 is 0. The highest BCUT2D eigenvalue weighted by Crippen LogP contribution is 2.08. The summed E-state index contributed by atoms with van der Waals surface area (Å²) in [6, 6.07) is 3.74. The highest BCUT2D eigenvalue weighted by molar-refractivity contribution is 5.91. The number of nitrogens with one attached hydrogen (secondary N) is 1. The molecule has 0 fully saturated rings. The molecule has 0 aliphatic carbocycles. The van der Waals surface area contributed by atoms with Crippen molar-refractivity contribution >= 4 is 11.7 Å². The Morgan fingerprint density at radius 2 is 2.14 bits per heavy atom. The zero-order valence-electron chi connectivity index (χ0n) is 13.0. The van der Waals surface area contributed by atoms with Crippen LogP contribution in [0.3, 0.4) is 0 Å². The molecule has 0 aliphatic heterocycles. The maximum absolute atomic E-state index is 12.0. The molecule has 116 valence electrons. The van der Waals surface area contributed by atoms with Gasteiger partial charge in [0.1, 0.15) is 11.5 Å². The topological polar surface area (TPSA) is 71.0 Å². The van der Waals surface area contributed by atoms with E-state index in [2.05, 4.69) is 27.2 Å². The van der Waals surface area contributed by atoms with Gasteiger partial charge in [0.25, 0.3) is 5.91 Å². The van der Waals surface area contributed by atoms with Crippen molar-refractivity contribution in [3.63, 3.8) is 0 Å². The number of pyridine rings is 1. The van der Waals surface area contributed by atoms with Crippen LogP contribution in [-0.4, -0.2) is 34.5 Å². The SMILES string of the molecule is CCCCN(C)c1cnc(C(=O)NCc2cccnc2)cn1. The van der Waals surface area contributed by atoms with Gasteiger partial charge in [0.05, 0.1) is 12.4 Å². The summed E-state index contributed by atoms with van der Waals surface area (Å²) in [5, 5.41) is 2.80. The van der Waals surface area contributed by atoms with Crippen LogP contribution >= 0.6 is 0 Å². The second-order valence-electron chi connectivity index (χ2n) is 5.08. The number of aromatic nitrogens is 3. The molecule has 6 nitrogen and oxygen atoms in total. The smallest absolute Gasteiger partial charge is 0.271 e. The van der Waals surface area contributed by atoms with E-state index in [1.165, 1.54) is 6.20 Å². The van der Waals surface area contributed by atoms with Crippen molar-refractivity contribution in [2.45, 2.75) is 26.3 Å². The second kappa shape index (κ2) is 8.07. The molecule has 0 saturated heterocycles. The Morgan fingerprint density at radius 1 is 1.27 bits per heavy atom. The third-order valence-corrected chi connectivity index (χ3v) is 3.28. The molecule has 6 heteroatoms. The lowest BCUT2D eigenvalue weighted by Crippen LogP contribution is -2.25. The average molecular weight is 299 g/mol. The fraction of sp³-hybridized carbons (Fsp3) is 0.375. The summed E-state index contributed by atoms with van der Waals surface area (Å²) in [5.41, 5.74) is 1.26. The molecule has 2 aromatic heterocycles. The van der Waals surface area contributed by atoms with Crippen molar-refractivity contribution in [2.75, 3.05) is 18.5 Å². The van der Waals surface area contributed by atoms with Crippen molar-refractivity contribution in [3.8, 4) is 0 Å². The number of nitrogens with zero attached hydrogens (tertiary/aromatic N) is 4. The van der Waals surface area contributed by atoms with Gasteiger partial charge in [0.15, 0.2) is 0 Å². The van der Waals surface area contributed by atoms with Crippen LogP contribution in [0.2, 0.25) is 0 Å². The van der Waals surface area contributed by atoms with E-state index in [-0.39, 0.29) is 5.91 Å². The summed E-state index contributed by atoms with van der Waals surface area (Å²) < 4.78 is 0. The van der Waals surface area contributed by atoms with Crippen molar-refractivity contribution in [2.24, 2.45) is 0 Å². The van der Waals surface area contributed by atoms with Gasteiger partial charge >= 0.3 is 0 Å². The third kappa shape index (κ3) is 4.51. The van der Waals surface area contributed by atoms with Crippen LogP contribution < -0.4 is 10.2 Å². The van der Waals surface area contributed by atoms with Gasteiger partial charge in [-0.15, -0.1) is 0 Å². The lowest BCUT2D eigenvalue weighted by atomic mass is 10.3. The Bertz CT molecular complexity index is 585. The standard InChI is InChI=1S/C16H21N5O/c1-3-4-8-21(2)15-12-18-14(11-19-15)16(22)20-10-13-6-5-7-17-9-13/h5-7,9,11-12H,3-4,8,10H2,1-2H3,(H,20,22). The molecule has 22 heavy (non-hydrogen) atoms. The largest absolute Gasteiger partial charge is 0.358 e. The van der Waals surface area contributed by atoms with Gasteiger partial charge in [-0.2, -0.15) is 0 Å². The number of anilines is 1. The Balaban J connectivity index is 1.90. The molecule has 0 spiro atoms. The molecule has 2 rings (SSSR count). The minimum atomic E-state index is -0.237. The highest BCUT2D eigenvalue weighted by Gasteiger charge is 2.09. The zero-order chi connectivity index (χ0) is 15.8. The number of amides is 1. The van der Waals surface area contributed by atoms with Gasteiger partial charge < -0.3 is 10.2 Å². The summed E-state index contributed by atoms with van der Waals surface area (Å²) in [6.07, 6.45) is 8.80. The first-order valence-electron chi connectivity index (χ1n) is 7.41. The van der Waals surface area contributed by atoms with Crippen LogP contribution in [0.5, 0.6) is 0 Å². The Labute approximate surface area is 130 Å². The van der Waals surface area contributed by atoms with E-state index in [9.17, 15) is 4.79 Å². The molecule has 2 aromatic rings. The summed E-state index contributed by atoms with van der Waals surface area (Å²) in [4.78, 5) is 26.6.